The summed E-state index contributed by atoms with van der Waals surface area (Å²) in [5.41, 5.74) is 2.27. The highest BCUT2D eigenvalue weighted by Gasteiger charge is 2.46. The van der Waals surface area contributed by atoms with E-state index in [1.54, 1.807) is 24.5 Å². The van der Waals surface area contributed by atoms with Crippen LogP contribution in [0, 0.1) is 0 Å². The Morgan fingerprint density at radius 3 is 2.55 bits per heavy atom. The Balaban J connectivity index is 1.58. The summed E-state index contributed by atoms with van der Waals surface area (Å²) < 4.78 is 57.4. The number of sulfone groups is 2. The Bertz CT molecular complexity index is 1120. The van der Waals surface area contributed by atoms with E-state index in [1.165, 1.54) is 5.56 Å². The first kappa shape index (κ1) is 22.5. The van der Waals surface area contributed by atoms with Gasteiger partial charge in [0.25, 0.3) is 0 Å². The molecule has 0 bridgehead atoms. The lowest BCUT2D eigenvalue weighted by Crippen LogP contribution is -2.46. The van der Waals surface area contributed by atoms with E-state index >= 15 is 0 Å². The zero-order valence-electron chi connectivity index (χ0n) is 18.0. The third-order valence-electron chi connectivity index (χ3n) is 6.42. The molecule has 7 nitrogen and oxygen atoms in total. The van der Waals surface area contributed by atoms with E-state index in [1.807, 2.05) is 31.1 Å². The highest BCUT2D eigenvalue weighted by molar-refractivity contribution is 7.96. The van der Waals surface area contributed by atoms with E-state index < -0.39 is 31.0 Å². The van der Waals surface area contributed by atoms with Crippen molar-refractivity contribution < 1.29 is 21.3 Å². The summed E-state index contributed by atoms with van der Waals surface area (Å²) in [4.78, 5) is 2.19. The first-order valence-corrected chi connectivity index (χ1v) is 14.0. The molecule has 1 aromatic heterocycles. The fraction of sp³-hybridized carbons (Fsp3) is 0.545. The number of benzene rings is 1. The van der Waals surface area contributed by atoms with Crippen LogP contribution in [0.15, 0.2) is 45.9 Å². The molecule has 2 aromatic rings. The van der Waals surface area contributed by atoms with Gasteiger partial charge in [0.15, 0.2) is 19.7 Å². The molecule has 9 heteroatoms. The topological polar surface area (TPSA) is 96.7 Å². The van der Waals surface area contributed by atoms with Gasteiger partial charge in [0, 0.05) is 12.6 Å². The molecule has 1 saturated heterocycles. The molecule has 31 heavy (non-hydrogen) atoms. The lowest BCUT2D eigenvalue weighted by atomic mass is 9.92. The van der Waals surface area contributed by atoms with Gasteiger partial charge in [0.05, 0.1) is 34.0 Å². The van der Waals surface area contributed by atoms with Gasteiger partial charge in [-0.25, -0.2) is 16.8 Å². The van der Waals surface area contributed by atoms with Crippen LogP contribution < -0.4 is 5.32 Å². The molecule has 1 N–H and O–H groups in total. The van der Waals surface area contributed by atoms with Crippen molar-refractivity contribution in [2.24, 2.45) is 0 Å². The maximum atomic E-state index is 13.5. The molecule has 1 unspecified atom stereocenters. The van der Waals surface area contributed by atoms with Crippen LogP contribution in [0.25, 0.3) is 0 Å². The monoisotopic (exact) mass is 466 g/mol. The summed E-state index contributed by atoms with van der Waals surface area (Å²) in [6, 6.07) is 8.17. The predicted octanol–water partition coefficient (Wildman–Crippen LogP) is 1.99. The molecule has 3 atom stereocenters. The fourth-order valence-electron chi connectivity index (χ4n) is 4.65. The van der Waals surface area contributed by atoms with E-state index in [4.69, 9.17) is 4.42 Å². The Hall–Kier alpha value is -1.68. The number of nitrogens with one attached hydrogen (secondary N) is 1. The minimum Gasteiger partial charge on any atom is -0.468 e. The molecule has 0 saturated carbocycles. The maximum absolute atomic E-state index is 13.5. The Labute approximate surface area is 184 Å². The van der Waals surface area contributed by atoms with Crippen molar-refractivity contribution in [2.45, 2.75) is 47.9 Å². The second-order valence-electron chi connectivity index (χ2n) is 8.81. The lowest BCUT2D eigenvalue weighted by Gasteiger charge is -2.26. The predicted molar refractivity (Wildman–Crippen MR) is 120 cm³/mol. The molecule has 170 valence electrons. The zero-order valence-corrected chi connectivity index (χ0v) is 19.6. The standard InChI is InChI=1S/C22H30N2O5S2/c1-24(2)20(21-8-5-11-29-21)13-23-19-14-30(25,26)15-22(19)31(27,28)18-10-9-16-6-3-4-7-17(16)12-18/h5,8-12,19-20,22-23H,3-4,6-7,13-15H2,1-2H3/t19-,20?,22-/m0/s1. The largest absolute Gasteiger partial charge is 0.468 e. The van der Waals surface area contributed by atoms with Crippen LogP contribution in [-0.2, 0) is 32.5 Å². The van der Waals surface area contributed by atoms with E-state index in [0.29, 0.717) is 6.54 Å². The number of hydrogen-bond donors (Lipinski definition) is 1. The lowest BCUT2D eigenvalue weighted by molar-refractivity contribution is 0.245. The van der Waals surface area contributed by atoms with Crippen molar-refractivity contribution in [1.29, 1.82) is 0 Å². The van der Waals surface area contributed by atoms with Crippen LogP contribution in [0.4, 0.5) is 0 Å². The van der Waals surface area contributed by atoms with Crippen LogP contribution in [0.3, 0.4) is 0 Å². The summed E-state index contributed by atoms with van der Waals surface area (Å²) in [6.45, 7) is 0.386. The van der Waals surface area contributed by atoms with Gasteiger partial charge < -0.3 is 9.73 Å². The third kappa shape index (κ3) is 4.74. The molecule has 0 amide bonds. The number of rotatable bonds is 7. The van der Waals surface area contributed by atoms with Crippen molar-refractivity contribution in [3.05, 3.63) is 53.5 Å². The van der Waals surface area contributed by atoms with Crippen LogP contribution >= 0.6 is 0 Å². The second kappa shape index (κ2) is 8.69. The average Bonchev–Trinajstić information content (AvgIpc) is 3.35. The van der Waals surface area contributed by atoms with Gasteiger partial charge in [-0.3, -0.25) is 4.90 Å². The van der Waals surface area contributed by atoms with Gasteiger partial charge in [0.1, 0.15) is 5.76 Å². The van der Waals surface area contributed by atoms with E-state index in [9.17, 15) is 16.8 Å². The number of aryl methyl sites for hydroxylation is 2. The molecule has 2 aliphatic rings. The quantitative estimate of drug-likeness (QED) is 0.667. The van der Waals surface area contributed by atoms with Gasteiger partial charge in [-0.1, -0.05) is 6.07 Å². The second-order valence-corrected chi connectivity index (χ2v) is 13.1. The minimum atomic E-state index is -3.79. The number of fused-ring (bicyclic) bond motifs is 1. The van der Waals surface area contributed by atoms with Crippen LogP contribution in [0.5, 0.6) is 0 Å². The van der Waals surface area contributed by atoms with Crippen molar-refractivity contribution in [1.82, 2.24) is 10.2 Å². The molecule has 4 rings (SSSR count). The summed E-state index contributed by atoms with van der Waals surface area (Å²) >= 11 is 0. The molecule has 1 aliphatic heterocycles. The molecule has 1 aromatic carbocycles. The number of likely N-dealkylation sites (N-methyl/N-ethyl adjacent to an activating group) is 1. The first-order valence-electron chi connectivity index (χ1n) is 10.7. The fourth-order valence-corrected chi connectivity index (χ4v) is 9.42. The molecule has 0 spiro atoms. The van der Waals surface area contributed by atoms with Gasteiger partial charge >= 0.3 is 0 Å². The number of furan rings is 1. The van der Waals surface area contributed by atoms with Crippen molar-refractivity contribution in [2.75, 3.05) is 32.1 Å². The van der Waals surface area contributed by atoms with Crippen LogP contribution in [0.1, 0.15) is 35.8 Å². The molecular formula is C22H30N2O5S2. The molecule has 0 radical (unpaired) electrons. The first-order chi connectivity index (χ1) is 14.7. The van der Waals surface area contributed by atoms with Gasteiger partial charge in [-0.2, -0.15) is 0 Å². The molecular weight excluding hydrogens is 436 g/mol. The van der Waals surface area contributed by atoms with Crippen molar-refractivity contribution in [3.63, 3.8) is 0 Å². The summed E-state index contributed by atoms with van der Waals surface area (Å²) in [5, 5.41) is 2.23. The van der Waals surface area contributed by atoms with Gasteiger partial charge in [-0.05, 0) is 75.2 Å². The van der Waals surface area contributed by atoms with Crippen LogP contribution in [0.2, 0.25) is 0 Å². The SMILES string of the molecule is CN(C)C(CN[C@H]1CS(=O)(=O)C[C@@H]1S(=O)(=O)c1ccc2c(c1)CCCC2)c1ccco1. The normalized spacial score (nSPS) is 24.2. The summed E-state index contributed by atoms with van der Waals surface area (Å²) in [7, 11) is -3.44. The van der Waals surface area contributed by atoms with Gasteiger partial charge in [0.2, 0.25) is 0 Å². The Morgan fingerprint density at radius 2 is 1.87 bits per heavy atom. The van der Waals surface area contributed by atoms with Crippen LogP contribution in [-0.4, -0.2) is 65.2 Å². The maximum Gasteiger partial charge on any atom is 0.183 e. The van der Waals surface area contributed by atoms with Crippen molar-refractivity contribution in [3.8, 4) is 0 Å². The van der Waals surface area contributed by atoms with Crippen molar-refractivity contribution >= 4 is 19.7 Å². The molecule has 1 aliphatic carbocycles. The average molecular weight is 467 g/mol. The highest BCUT2D eigenvalue weighted by Crippen LogP contribution is 2.30. The minimum absolute atomic E-state index is 0.134. The molecule has 1 fully saturated rings. The Kier molecular flexibility index (Phi) is 6.31. The number of nitrogens with zero attached hydrogens (tertiary/aromatic N) is 1. The smallest absolute Gasteiger partial charge is 0.183 e. The third-order valence-corrected chi connectivity index (χ3v) is 10.6. The van der Waals surface area contributed by atoms with E-state index in [0.717, 1.165) is 37.0 Å². The molecule has 2 heterocycles. The van der Waals surface area contributed by atoms with E-state index in [2.05, 4.69) is 5.32 Å². The van der Waals surface area contributed by atoms with Gasteiger partial charge in [-0.15, -0.1) is 0 Å². The Morgan fingerprint density at radius 1 is 1.13 bits per heavy atom. The summed E-state index contributed by atoms with van der Waals surface area (Å²) in [6.07, 6.45) is 5.61. The van der Waals surface area contributed by atoms with E-state index in [-0.39, 0.29) is 22.4 Å². The zero-order chi connectivity index (χ0) is 22.2. The summed E-state index contributed by atoms with van der Waals surface area (Å²) in [5.74, 6) is 0.213. The highest BCUT2D eigenvalue weighted by atomic mass is 32.2. The number of hydrogen-bond acceptors (Lipinski definition) is 7.